The molecule has 0 aliphatic carbocycles. The Morgan fingerprint density at radius 3 is 2.48 bits per heavy atom. The fraction of sp³-hybridized carbons (Fsp3) is 0.357. The minimum atomic E-state index is -1.23. The van der Waals surface area contributed by atoms with Gasteiger partial charge in [0.25, 0.3) is 0 Å². The number of benzene rings is 2. The normalized spacial score (nSPS) is 17.2. The number of likely N-dealkylation sites (tertiary alicyclic amines) is 1. The number of aromatic hydroxyl groups is 1. The van der Waals surface area contributed by atoms with Crippen LogP contribution in [-0.4, -0.2) is 80.3 Å². The Morgan fingerprint density at radius 2 is 1.77 bits per heavy atom. The molecule has 0 saturated carbocycles. The van der Waals surface area contributed by atoms with Crippen LogP contribution < -0.4 is 16.4 Å². The third kappa shape index (κ3) is 6.75. The number of nitrogens with one attached hydrogen (secondary N) is 3. The van der Waals surface area contributed by atoms with E-state index in [2.05, 4.69) is 28.2 Å². The molecule has 4 atom stereocenters. The summed E-state index contributed by atoms with van der Waals surface area (Å²) in [4.78, 5) is 56.3. The number of hydrogen-bond donors (Lipinski definition) is 7. The number of fused-ring (bicyclic) bond motifs is 1. The van der Waals surface area contributed by atoms with E-state index in [-0.39, 0.29) is 30.9 Å². The van der Waals surface area contributed by atoms with E-state index in [4.69, 9.17) is 5.73 Å². The van der Waals surface area contributed by atoms with Gasteiger partial charge in [-0.1, -0.05) is 30.3 Å². The number of aromatic nitrogens is 1. The van der Waals surface area contributed by atoms with Gasteiger partial charge in [0, 0.05) is 42.2 Å². The number of hydrogen-bond acceptors (Lipinski definition) is 7. The Balaban J connectivity index is 1.52. The van der Waals surface area contributed by atoms with Gasteiger partial charge in [-0.05, 0) is 42.2 Å². The summed E-state index contributed by atoms with van der Waals surface area (Å²) in [5.74, 6) is -2.65. The zero-order valence-corrected chi connectivity index (χ0v) is 22.6. The molecule has 4 unspecified atom stereocenters. The molecule has 2 heterocycles. The lowest BCUT2D eigenvalue weighted by molar-refractivity contribution is -0.144. The first-order valence-electron chi connectivity index (χ1n) is 13.0. The van der Waals surface area contributed by atoms with Crippen LogP contribution in [0.4, 0.5) is 0 Å². The van der Waals surface area contributed by atoms with Crippen molar-refractivity contribution in [2.45, 2.75) is 49.9 Å². The first kappa shape index (κ1) is 29.0. The molecule has 12 heteroatoms. The van der Waals surface area contributed by atoms with Crippen LogP contribution >= 0.6 is 12.6 Å². The predicted molar refractivity (Wildman–Crippen MR) is 152 cm³/mol. The van der Waals surface area contributed by atoms with Crippen LogP contribution in [0.15, 0.2) is 54.7 Å². The van der Waals surface area contributed by atoms with Gasteiger partial charge >= 0.3 is 5.97 Å². The molecule has 3 aromatic rings. The van der Waals surface area contributed by atoms with Crippen molar-refractivity contribution in [3.05, 3.63) is 65.9 Å². The summed E-state index contributed by atoms with van der Waals surface area (Å²) in [5, 5.41) is 25.4. The molecule has 2 aromatic carbocycles. The number of phenols is 1. The number of H-pyrrole nitrogens is 1. The lowest BCUT2D eigenvalue weighted by Crippen LogP contribution is -2.57. The van der Waals surface area contributed by atoms with E-state index in [0.717, 1.165) is 16.5 Å². The molecule has 1 aromatic heterocycles. The van der Waals surface area contributed by atoms with E-state index in [9.17, 15) is 29.4 Å². The van der Waals surface area contributed by atoms with E-state index in [1.165, 1.54) is 17.0 Å². The highest BCUT2D eigenvalue weighted by Crippen LogP contribution is 2.23. The zero-order valence-electron chi connectivity index (χ0n) is 21.7. The standard InChI is InChI=1S/C28H33N5O6S/c29-20(15-40)25(35)31-22(13-17-14-30-21-5-2-1-4-19(17)21)27(37)33-11-3-6-24(33)26(36)32-23(28(38)39)12-16-7-9-18(34)10-8-16/h1-2,4-5,7-10,14,20,22-24,30,34,40H,3,6,11-13,15,29H2,(H,31,35)(H,32,36)(H,38,39). The summed E-state index contributed by atoms with van der Waals surface area (Å²) < 4.78 is 0. The third-order valence-corrected chi connectivity index (χ3v) is 7.47. The molecule has 0 radical (unpaired) electrons. The minimum Gasteiger partial charge on any atom is -0.508 e. The minimum absolute atomic E-state index is 0.00286. The molecule has 7 N–H and O–H groups in total. The second-order valence-electron chi connectivity index (χ2n) is 9.87. The molecule has 11 nitrogen and oxygen atoms in total. The first-order valence-corrected chi connectivity index (χ1v) is 13.6. The Morgan fingerprint density at radius 1 is 1.05 bits per heavy atom. The summed E-state index contributed by atoms with van der Waals surface area (Å²) >= 11 is 4.08. The van der Waals surface area contributed by atoms with Crippen molar-refractivity contribution in [1.29, 1.82) is 0 Å². The van der Waals surface area contributed by atoms with Gasteiger partial charge in [0.1, 0.15) is 23.9 Å². The second kappa shape index (κ2) is 12.9. The number of nitrogens with two attached hydrogens (primary N) is 1. The van der Waals surface area contributed by atoms with Crippen LogP contribution in [0.5, 0.6) is 5.75 Å². The molecular weight excluding hydrogens is 534 g/mol. The van der Waals surface area contributed by atoms with E-state index < -0.39 is 47.9 Å². The smallest absolute Gasteiger partial charge is 0.326 e. The van der Waals surface area contributed by atoms with Crippen molar-refractivity contribution in [1.82, 2.24) is 20.5 Å². The molecule has 0 spiro atoms. The van der Waals surface area contributed by atoms with E-state index >= 15 is 0 Å². The summed E-state index contributed by atoms with van der Waals surface area (Å²) in [6, 6.07) is 9.58. The highest BCUT2D eigenvalue weighted by Gasteiger charge is 2.39. The summed E-state index contributed by atoms with van der Waals surface area (Å²) in [7, 11) is 0. The number of carbonyl (C=O) groups excluding carboxylic acids is 3. The van der Waals surface area contributed by atoms with Crippen LogP contribution in [0, 0.1) is 0 Å². The number of carboxylic acids is 1. The van der Waals surface area contributed by atoms with Crippen molar-refractivity contribution in [2.24, 2.45) is 5.73 Å². The largest absolute Gasteiger partial charge is 0.508 e. The number of thiol groups is 1. The topological polar surface area (TPSA) is 178 Å². The van der Waals surface area contributed by atoms with E-state index in [1.807, 2.05) is 24.3 Å². The van der Waals surface area contributed by atoms with E-state index in [1.54, 1.807) is 18.3 Å². The third-order valence-electron chi connectivity index (χ3n) is 7.08. The number of amides is 3. The van der Waals surface area contributed by atoms with Crippen LogP contribution in [0.3, 0.4) is 0 Å². The Bertz CT molecular complexity index is 1380. The monoisotopic (exact) mass is 567 g/mol. The number of rotatable bonds is 11. The van der Waals surface area contributed by atoms with Gasteiger partial charge in [0.05, 0.1) is 6.04 Å². The Hall–Kier alpha value is -4.03. The molecular formula is C28H33N5O6S. The maximum absolute atomic E-state index is 13.8. The van der Waals surface area contributed by atoms with Crippen LogP contribution in [-0.2, 0) is 32.0 Å². The van der Waals surface area contributed by atoms with Gasteiger partial charge in [-0.2, -0.15) is 12.6 Å². The predicted octanol–water partition coefficient (Wildman–Crippen LogP) is 0.961. The van der Waals surface area contributed by atoms with Crippen molar-refractivity contribution in [3.63, 3.8) is 0 Å². The van der Waals surface area contributed by atoms with Crippen molar-refractivity contribution in [3.8, 4) is 5.75 Å². The fourth-order valence-electron chi connectivity index (χ4n) is 4.92. The number of carboxylic acid groups (broad SMARTS) is 1. The molecule has 0 bridgehead atoms. The van der Waals surface area contributed by atoms with Crippen molar-refractivity contribution < 1.29 is 29.4 Å². The van der Waals surface area contributed by atoms with Gasteiger partial charge < -0.3 is 36.5 Å². The molecule has 40 heavy (non-hydrogen) atoms. The van der Waals surface area contributed by atoms with E-state index in [0.29, 0.717) is 18.4 Å². The summed E-state index contributed by atoms with van der Waals surface area (Å²) in [6.07, 6.45) is 2.85. The van der Waals surface area contributed by atoms with Crippen molar-refractivity contribution >= 4 is 47.2 Å². The number of aromatic amines is 1. The molecule has 212 valence electrons. The number of nitrogens with zero attached hydrogens (tertiary/aromatic N) is 1. The van der Waals surface area contributed by atoms with Gasteiger partial charge in [-0.15, -0.1) is 0 Å². The SMILES string of the molecule is NC(CS)C(=O)NC(Cc1c[nH]c2ccccc12)C(=O)N1CCCC1C(=O)NC(Cc1ccc(O)cc1)C(=O)O. The number of para-hydroxylation sites is 1. The van der Waals surface area contributed by atoms with Gasteiger partial charge in [0.2, 0.25) is 17.7 Å². The highest BCUT2D eigenvalue weighted by atomic mass is 32.1. The maximum Gasteiger partial charge on any atom is 0.326 e. The van der Waals surface area contributed by atoms with Crippen LogP contribution in [0.25, 0.3) is 10.9 Å². The Kier molecular flexibility index (Phi) is 9.33. The molecule has 1 aliphatic rings. The molecule has 4 rings (SSSR count). The maximum atomic E-state index is 13.8. The average molecular weight is 568 g/mol. The fourth-order valence-corrected chi connectivity index (χ4v) is 5.09. The summed E-state index contributed by atoms with van der Waals surface area (Å²) in [6.45, 7) is 0.283. The van der Waals surface area contributed by atoms with Gasteiger partial charge in [0.15, 0.2) is 0 Å². The number of carbonyl (C=O) groups is 4. The van der Waals surface area contributed by atoms with Crippen molar-refractivity contribution in [2.75, 3.05) is 12.3 Å². The molecule has 1 fully saturated rings. The second-order valence-corrected chi connectivity index (χ2v) is 10.2. The quantitative estimate of drug-likeness (QED) is 0.169. The molecule has 1 aliphatic heterocycles. The zero-order chi connectivity index (χ0) is 28.8. The molecule has 3 amide bonds. The van der Waals surface area contributed by atoms with Gasteiger partial charge in [-0.3, -0.25) is 14.4 Å². The Labute approximate surface area is 236 Å². The van der Waals surface area contributed by atoms with Gasteiger partial charge in [-0.25, -0.2) is 4.79 Å². The number of phenolic OH excluding ortho intramolecular Hbond substituents is 1. The average Bonchev–Trinajstić information content (AvgIpc) is 3.60. The van der Waals surface area contributed by atoms with Crippen LogP contribution in [0.1, 0.15) is 24.0 Å². The summed E-state index contributed by atoms with van der Waals surface area (Å²) in [5.41, 5.74) is 8.17. The lowest BCUT2D eigenvalue weighted by atomic mass is 10.0. The lowest BCUT2D eigenvalue weighted by Gasteiger charge is -2.30. The highest BCUT2D eigenvalue weighted by molar-refractivity contribution is 7.80. The first-order chi connectivity index (χ1) is 19.2. The number of aliphatic carboxylic acids is 1. The molecule has 1 saturated heterocycles. The van der Waals surface area contributed by atoms with Crippen LogP contribution in [0.2, 0.25) is 0 Å².